The van der Waals surface area contributed by atoms with E-state index in [0.717, 1.165) is 16.6 Å². The molecule has 1 amide bonds. The van der Waals surface area contributed by atoms with Crippen molar-refractivity contribution in [3.05, 3.63) is 64.8 Å². The number of aromatic nitrogens is 1. The van der Waals surface area contributed by atoms with Crippen molar-refractivity contribution >= 4 is 16.8 Å². The molecule has 2 aromatic carbocycles. The minimum absolute atomic E-state index is 0.317. The van der Waals surface area contributed by atoms with Crippen LogP contribution >= 0.6 is 0 Å². The first-order chi connectivity index (χ1) is 16.2. The van der Waals surface area contributed by atoms with Gasteiger partial charge in [0, 0.05) is 23.6 Å². The first-order valence-corrected chi connectivity index (χ1v) is 11.1. The molecule has 1 aliphatic heterocycles. The van der Waals surface area contributed by atoms with Gasteiger partial charge in [-0.3, -0.25) is 4.79 Å². The van der Waals surface area contributed by atoms with Crippen LogP contribution in [0, 0.1) is 13.8 Å². The van der Waals surface area contributed by atoms with Gasteiger partial charge >= 0.3 is 0 Å². The van der Waals surface area contributed by atoms with Crippen molar-refractivity contribution in [2.75, 3.05) is 13.7 Å². The minimum Gasteiger partial charge on any atom is -0.497 e. The fourth-order valence-corrected chi connectivity index (χ4v) is 4.40. The molecule has 0 saturated carbocycles. The quantitative estimate of drug-likeness (QED) is 0.361. The number of aryl methyl sites for hydroxylation is 2. The molecule has 0 radical (unpaired) electrons. The highest BCUT2D eigenvalue weighted by atomic mass is 16.6. The Morgan fingerprint density at radius 3 is 2.56 bits per heavy atom. The standard InChI is InChI=1S/C25H30N2O7/c1-13-4-5-15(14(2)8-13)10-27-11-18(17-9-16(33-3)6-7-19(17)27)24(31)26-21-23(30)22(29)20(12-28)34-25(21)32/h4-9,11,20-23,25,28-30,32H,10,12H2,1-3H3,(H,26,31)/t20-,21-,22-,23-,25?/m1/s1. The van der Waals surface area contributed by atoms with Crippen LogP contribution in [0.25, 0.3) is 10.9 Å². The van der Waals surface area contributed by atoms with Crippen molar-refractivity contribution in [2.24, 2.45) is 0 Å². The number of ether oxygens (including phenoxy) is 2. The SMILES string of the molecule is COc1ccc2c(c1)c(C(=O)N[C@H]1C(O)O[C@H](CO)[C@@H](O)[C@@H]1O)cn2Cc1ccc(C)cc1C. The summed E-state index contributed by atoms with van der Waals surface area (Å²) in [7, 11) is 1.54. The summed E-state index contributed by atoms with van der Waals surface area (Å²) in [4.78, 5) is 13.3. The number of aliphatic hydroxyl groups excluding tert-OH is 4. The molecule has 9 heteroatoms. The molecule has 0 spiro atoms. The minimum atomic E-state index is -1.60. The first-order valence-electron chi connectivity index (χ1n) is 11.1. The van der Waals surface area contributed by atoms with Gasteiger partial charge in [0.2, 0.25) is 0 Å². The fourth-order valence-electron chi connectivity index (χ4n) is 4.40. The van der Waals surface area contributed by atoms with Gasteiger partial charge in [-0.2, -0.15) is 0 Å². The zero-order valence-electron chi connectivity index (χ0n) is 19.3. The highest BCUT2D eigenvalue weighted by Crippen LogP contribution is 2.28. The first kappa shape index (κ1) is 24.2. The van der Waals surface area contributed by atoms with Crippen molar-refractivity contribution in [2.45, 2.75) is 51.0 Å². The van der Waals surface area contributed by atoms with Gasteiger partial charge in [0.05, 0.1) is 19.3 Å². The Morgan fingerprint density at radius 2 is 1.88 bits per heavy atom. The van der Waals surface area contributed by atoms with Crippen LogP contribution in [0.5, 0.6) is 5.75 Å². The monoisotopic (exact) mass is 470 g/mol. The third-order valence-electron chi connectivity index (χ3n) is 6.37. The van der Waals surface area contributed by atoms with Crippen LogP contribution < -0.4 is 10.1 Å². The number of nitrogens with zero attached hydrogens (tertiary/aromatic N) is 1. The third kappa shape index (κ3) is 4.53. The number of carbonyl (C=O) groups excluding carboxylic acids is 1. The number of rotatable bonds is 6. The topological polar surface area (TPSA) is 133 Å². The van der Waals surface area contributed by atoms with Crippen LogP contribution in [0.4, 0.5) is 0 Å². The highest BCUT2D eigenvalue weighted by molar-refractivity contribution is 6.07. The summed E-state index contributed by atoms with van der Waals surface area (Å²) in [5.41, 5.74) is 4.54. The Balaban J connectivity index is 1.68. The maximum absolute atomic E-state index is 13.3. The predicted molar refractivity (Wildman–Crippen MR) is 125 cm³/mol. The summed E-state index contributed by atoms with van der Waals surface area (Å²) >= 11 is 0. The van der Waals surface area contributed by atoms with Crippen LogP contribution in [0.15, 0.2) is 42.6 Å². The number of carbonyl (C=O) groups is 1. The predicted octanol–water partition coefficient (Wildman–Crippen LogP) is 0.845. The van der Waals surface area contributed by atoms with E-state index in [1.54, 1.807) is 19.4 Å². The van der Waals surface area contributed by atoms with Crippen molar-refractivity contribution < 1.29 is 34.7 Å². The molecular weight excluding hydrogens is 440 g/mol. The van der Waals surface area contributed by atoms with Crippen LogP contribution in [-0.2, 0) is 11.3 Å². The van der Waals surface area contributed by atoms with E-state index >= 15 is 0 Å². The lowest BCUT2D eigenvalue weighted by molar-refractivity contribution is -0.252. The number of fused-ring (bicyclic) bond motifs is 1. The van der Waals surface area contributed by atoms with Gasteiger partial charge in [-0.15, -0.1) is 0 Å². The van der Waals surface area contributed by atoms with Crippen LogP contribution in [0.3, 0.4) is 0 Å². The van der Waals surface area contributed by atoms with Gasteiger partial charge in [-0.05, 0) is 43.2 Å². The Bertz CT molecular complexity index is 1190. The second-order valence-corrected chi connectivity index (χ2v) is 8.71. The van der Waals surface area contributed by atoms with Gasteiger partial charge in [-0.25, -0.2) is 0 Å². The number of aliphatic hydroxyl groups is 4. The molecule has 3 aromatic rings. The molecule has 5 N–H and O–H groups in total. The number of nitrogens with one attached hydrogen (secondary N) is 1. The van der Waals surface area contributed by atoms with Gasteiger partial charge in [-0.1, -0.05) is 23.8 Å². The summed E-state index contributed by atoms with van der Waals surface area (Å²) in [5, 5.41) is 43.3. The van der Waals surface area contributed by atoms with E-state index in [9.17, 15) is 25.2 Å². The van der Waals surface area contributed by atoms with E-state index in [4.69, 9.17) is 9.47 Å². The van der Waals surface area contributed by atoms with Gasteiger partial charge in [0.15, 0.2) is 6.29 Å². The van der Waals surface area contributed by atoms with Crippen LogP contribution in [0.1, 0.15) is 27.0 Å². The zero-order valence-corrected chi connectivity index (χ0v) is 19.3. The van der Waals surface area contributed by atoms with E-state index in [1.165, 1.54) is 5.56 Å². The molecule has 1 fully saturated rings. The van der Waals surface area contributed by atoms with Gasteiger partial charge < -0.3 is 39.8 Å². The molecule has 34 heavy (non-hydrogen) atoms. The average molecular weight is 471 g/mol. The molecule has 1 aliphatic rings. The zero-order chi connectivity index (χ0) is 24.6. The lowest BCUT2D eigenvalue weighted by Gasteiger charge is -2.40. The smallest absolute Gasteiger partial charge is 0.253 e. The summed E-state index contributed by atoms with van der Waals surface area (Å²) in [6.07, 6.45) is -4.03. The molecule has 0 bridgehead atoms. The number of methoxy groups -OCH3 is 1. The van der Waals surface area contributed by atoms with Crippen molar-refractivity contribution in [3.63, 3.8) is 0 Å². The molecule has 1 saturated heterocycles. The van der Waals surface area contributed by atoms with E-state index in [0.29, 0.717) is 23.2 Å². The Kier molecular flexibility index (Phi) is 6.92. The number of amides is 1. The average Bonchev–Trinajstić information content (AvgIpc) is 3.18. The largest absolute Gasteiger partial charge is 0.497 e. The molecule has 9 nitrogen and oxygen atoms in total. The molecule has 5 atom stereocenters. The van der Waals surface area contributed by atoms with Crippen LogP contribution in [-0.4, -0.2) is 75.3 Å². The van der Waals surface area contributed by atoms with Crippen molar-refractivity contribution in [1.82, 2.24) is 9.88 Å². The molecule has 1 aromatic heterocycles. The lowest BCUT2D eigenvalue weighted by Crippen LogP contribution is -2.64. The lowest BCUT2D eigenvalue weighted by atomic mass is 9.96. The molecule has 4 rings (SSSR count). The van der Waals surface area contributed by atoms with Crippen molar-refractivity contribution in [1.29, 1.82) is 0 Å². The summed E-state index contributed by atoms with van der Waals surface area (Å²) < 4.78 is 12.5. The van der Waals surface area contributed by atoms with E-state index < -0.39 is 43.2 Å². The van der Waals surface area contributed by atoms with E-state index in [1.807, 2.05) is 36.6 Å². The number of hydrogen-bond acceptors (Lipinski definition) is 7. The van der Waals surface area contributed by atoms with Gasteiger partial charge in [0.1, 0.15) is 30.1 Å². The molecule has 1 unspecified atom stereocenters. The number of hydrogen-bond donors (Lipinski definition) is 5. The summed E-state index contributed by atoms with van der Waals surface area (Å²) in [6, 6.07) is 10.4. The molecule has 2 heterocycles. The summed E-state index contributed by atoms with van der Waals surface area (Å²) in [6.45, 7) is 4.04. The highest BCUT2D eigenvalue weighted by Gasteiger charge is 2.44. The third-order valence-corrected chi connectivity index (χ3v) is 6.37. The Morgan fingerprint density at radius 1 is 1.12 bits per heavy atom. The molecule has 182 valence electrons. The number of benzene rings is 2. The maximum Gasteiger partial charge on any atom is 0.253 e. The second kappa shape index (κ2) is 9.73. The fraction of sp³-hybridized carbons (Fsp3) is 0.400. The van der Waals surface area contributed by atoms with Crippen molar-refractivity contribution in [3.8, 4) is 5.75 Å². The Labute approximate surface area is 197 Å². The summed E-state index contributed by atoms with van der Waals surface area (Å²) in [5.74, 6) is 0.0204. The second-order valence-electron chi connectivity index (χ2n) is 8.71. The van der Waals surface area contributed by atoms with E-state index in [2.05, 4.69) is 17.4 Å². The maximum atomic E-state index is 13.3. The normalized spacial score (nSPS) is 24.9. The Hall–Kier alpha value is -2.95. The molecule has 0 aliphatic carbocycles. The van der Waals surface area contributed by atoms with Gasteiger partial charge in [0.25, 0.3) is 5.91 Å². The molecular formula is C25H30N2O7. The van der Waals surface area contributed by atoms with E-state index in [-0.39, 0.29) is 0 Å². The van der Waals surface area contributed by atoms with Crippen LogP contribution in [0.2, 0.25) is 0 Å².